The fraction of sp³-hybridized carbons (Fsp3) is 0.500. The van der Waals surface area contributed by atoms with E-state index in [-0.39, 0.29) is 5.91 Å². The first-order valence-corrected chi connectivity index (χ1v) is 6.38. The highest BCUT2D eigenvalue weighted by molar-refractivity contribution is 5.85. The molecule has 1 heterocycles. The number of para-hydroxylation sites is 1. The Bertz CT molecular complexity index is 446. The number of nitrogens with zero attached hydrogens (tertiary/aromatic N) is 1. The van der Waals surface area contributed by atoms with Crippen molar-refractivity contribution in [1.82, 2.24) is 5.32 Å². The van der Waals surface area contributed by atoms with Gasteiger partial charge in [-0.05, 0) is 38.4 Å². The second-order valence-corrected chi connectivity index (χ2v) is 5.10. The van der Waals surface area contributed by atoms with Gasteiger partial charge in [0.15, 0.2) is 0 Å². The highest BCUT2D eigenvalue weighted by Crippen LogP contribution is 2.27. The molecule has 2 rings (SSSR count). The second kappa shape index (κ2) is 4.98. The van der Waals surface area contributed by atoms with Crippen molar-refractivity contribution in [3.63, 3.8) is 0 Å². The van der Waals surface area contributed by atoms with E-state index in [4.69, 9.17) is 5.73 Å². The lowest BCUT2D eigenvalue weighted by Gasteiger charge is -2.37. The van der Waals surface area contributed by atoms with Gasteiger partial charge >= 0.3 is 0 Å². The first-order valence-electron chi connectivity index (χ1n) is 6.38. The summed E-state index contributed by atoms with van der Waals surface area (Å²) in [5, 5.41) is 3.04. The molecular formula is C14H21N3O. The number of aryl methyl sites for hydroxylation is 1. The molecule has 18 heavy (non-hydrogen) atoms. The van der Waals surface area contributed by atoms with Gasteiger partial charge in [-0.25, -0.2) is 0 Å². The minimum atomic E-state index is -0.690. The maximum Gasteiger partial charge on any atom is 0.239 e. The van der Waals surface area contributed by atoms with Crippen LogP contribution in [0.15, 0.2) is 24.3 Å². The van der Waals surface area contributed by atoms with Gasteiger partial charge in [-0.15, -0.1) is 0 Å². The molecule has 0 aliphatic carbocycles. The monoisotopic (exact) mass is 247 g/mol. The van der Waals surface area contributed by atoms with E-state index >= 15 is 0 Å². The highest BCUT2D eigenvalue weighted by Gasteiger charge is 2.32. The number of fused-ring (bicyclic) bond motifs is 1. The first kappa shape index (κ1) is 12.9. The summed E-state index contributed by atoms with van der Waals surface area (Å²) in [6, 6.07) is 8.37. The van der Waals surface area contributed by atoms with Gasteiger partial charge in [0.05, 0.1) is 0 Å². The van der Waals surface area contributed by atoms with Crippen molar-refractivity contribution >= 4 is 11.6 Å². The molecule has 1 aromatic carbocycles. The lowest BCUT2D eigenvalue weighted by atomic mass is 9.96. The van der Waals surface area contributed by atoms with Gasteiger partial charge in [-0.1, -0.05) is 18.2 Å². The van der Waals surface area contributed by atoms with Crippen molar-refractivity contribution in [2.75, 3.05) is 25.0 Å². The molecule has 1 aromatic rings. The molecule has 4 heteroatoms. The molecule has 1 aliphatic rings. The molecule has 0 saturated carbocycles. The average Bonchev–Trinajstić information content (AvgIpc) is 2.39. The number of likely N-dealkylation sites (N-methyl/N-ethyl adjacent to an activating group) is 1. The van der Waals surface area contributed by atoms with E-state index in [1.807, 2.05) is 13.0 Å². The first-order chi connectivity index (χ1) is 8.57. The normalized spacial score (nSPS) is 18.0. The molecule has 1 unspecified atom stereocenters. The van der Waals surface area contributed by atoms with Crippen LogP contribution in [0.5, 0.6) is 0 Å². The number of rotatable bonds is 4. The Kier molecular flexibility index (Phi) is 3.57. The highest BCUT2D eigenvalue weighted by atomic mass is 16.1. The van der Waals surface area contributed by atoms with Crippen molar-refractivity contribution < 1.29 is 4.79 Å². The van der Waals surface area contributed by atoms with E-state index in [1.54, 1.807) is 7.05 Å². The molecule has 0 bridgehead atoms. The molecule has 0 spiro atoms. The van der Waals surface area contributed by atoms with E-state index in [9.17, 15) is 4.79 Å². The second-order valence-electron chi connectivity index (χ2n) is 5.10. The summed E-state index contributed by atoms with van der Waals surface area (Å²) < 4.78 is 0. The third-order valence-corrected chi connectivity index (χ3v) is 3.81. The van der Waals surface area contributed by atoms with Gasteiger partial charge in [0, 0.05) is 18.8 Å². The molecule has 4 nitrogen and oxygen atoms in total. The summed E-state index contributed by atoms with van der Waals surface area (Å²) in [6.45, 7) is 3.43. The van der Waals surface area contributed by atoms with Gasteiger partial charge in [-0.2, -0.15) is 0 Å². The average molecular weight is 247 g/mol. The SMILES string of the molecule is CNC(C)(CN1CCCc2ccccc21)C(N)=O. The van der Waals surface area contributed by atoms with Crippen LogP contribution in [0.3, 0.4) is 0 Å². The van der Waals surface area contributed by atoms with Crippen molar-refractivity contribution in [1.29, 1.82) is 0 Å². The number of anilines is 1. The molecule has 0 saturated heterocycles. The Hall–Kier alpha value is -1.55. The van der Waals surface area contributed by atoms with Crippen LogP contribution in [-0.2, 0) is 11.2 Å². The minimum Gasteiger partial charge on any atom is -0.369 e. The third kappa shape index (κ3) is 2.34. The van der Waals surface area contributed by atoms with E-state index < -0.39 is 5.54 Å². The maximum atomic E-state index is 11.6. The van der Waals surface area contributed by atoms with Crippen LogP contribution in [0.25, 0.3) is 0 Å². The number of hydrogen-bond donors (Lipinski definition) is 2. The number of carbonyl (C=O) groups is 1. The standard InChI is InChI=1S/C14H21N3O/c1-14(16-2,13(15)18)10-17-9-5-7-11-6-3-4-8-12(11)17/h3-4,6,8,16H,5,7,9-10H2,1-2H3,(H2,15,18). The Morgan fingerprint density at radius 2 is 2.22 bits per heavy atom. The molecule has 0 radical (unpaired) electrons. The molecule has 1 aliphatic heterocycles. The zero-order valence-corrected chi connectivity index (χ0v) is 11.1. The summed E-state index contributed by atoms with van der Waals surface area (Å²) in [4.78, 5) is 13.8. The lowest BCUT2D eigenvalue weighted by molar-refractivity contribution is -0.123. The Balaban J connectivity index is 2.23. The third-order valence-electron chi connectivity index (χ3n) is 3.81. The fourth-order valence-electron chi connectivity index (χ4n) is 2.44. The molecule has 0 fully saturated rings. The Morgan fingerprint density at radius 1 is 1.50 bits per heavy atom. The molecule has 0 aromatic heterocycles. The summed E-state index contributed by atoms with van der Waals surface area (Å²) in [5.74, 6) is -0.312. The molecule has 1 amide bonds. The fourth-order valence-corrected chi connectivity index (χ4v) is 2.44. The van der Waals surface area contributed by atoms with E-state index in [0.29, 0.717) is 6.54 Å². The lowest BCUT2D eigenvalue weighted by Crippen LogP contribution is -2.59. The summed E-state index contributed by atoms with van der Waals surface area (Å²) >= 11 is 0. The zero-order valence-electron chi connectivity index (χ0n) is 11.1. The maximum absolute atomic E-state index is 11.6. The molecule has 1 atom stereocenters. The topological polar surface area (TPSA) is 58.4 Å². The zero-order chi connectivity index (χ0) is 13.2. The van der Waals surface area contributed by atoms with E-state index in [0.717, 1.165) is 19.4 Å². The number of nitrogens with one attached hydrogen (secondary N) is 1. The van der Waals surface area contributed by atoms with Gasteiger partial charge in [0.2, 0.25) is 5.91 Å². The predicted octanol–water partition coefficient (Wildman–Crippen LogP) is 0.903. The van der Waals surface area contributed by atoms with Crippen molar-refractivity contribution in [2.45, 2.75) is 25.3 Å². The van der Waals surface area contributed by atoms with E-state index in [1.165, 1.54) is 11.3 Å². The van der Waals surface area contributed by atoms with Crippen molar-refractivity contribution in [3.8, 4) is 0 Å². The van der Waals surface area contributed by atoms with Crippen molar-refractivity contribution in [3.05, 3.63) is 29.8 Å². The number of nitrogens with two attached hydrogens (primary N) is 1. The van der Waals surface area contributed by atoms with Crippen LogP contribution in [0.4, 0.5) is 5.69 Å². The van der Waals surface area contributed by atoms with Gasteiger partial charge in [0.25, 0.3) is 0 Å². The van der Waals surface area contributed by atoms with Crippen LogP contribution in [-0.4, -0.2) is 31.6 Å². The Morgan fingerprint density at radius 3 is 2.89 bits per heavy atom. The van der Waals surface area contributed by atoms with Gasteiger partial charge in [0.1, 0.15) is 5.54 Å². The van der Waals surface area contributed by atoms with Crippen LogP contribution < -0.4 is 16.0 Å². The summed E-state index contributed by atoms with van der Waals surface area (Å²) in [7, 11) is 1.78. The van der Waals surface area contributed by atoms with E-state index in [2.05, 4.69) is 28.4 Å². The quantitative estimate of drug-likeness (QED) is 0.831. The summed E-state index contributed by atoms with van der Waals surface area (Å²) in [5.41, 5.74) is 7.38. The molecule has 3 N–H and O–H groups in total. The molecular weight excluding hydrogens is 226 g/mol. The Labute approximate surface area is 108 Å². The van der Waals surface area contributed by atoms with Crippen LogP contribution >= 0.6 is 0 Å². The number of hydrogen-bond acceptors (Lipinski definition) is 3. The minimum absolute atomic E-state index is 0.312. The van der Waals surface area contributed by atoms with Gasteiger partial charge in [-0.3, -0.25) is 4.79 Å². The van der Waals surface area contributed by atoms with Crippen LogP contribution in [0.2, 0.25) is 0 Å². The largest absolute Gasteiger partial charge is 0.369 e. The number of amides is 1. The number of primary amides is 1. The summed E-state index contributed by atoms with van der Waals surface area (Å²) in [6.07, 6.45) is 2.23. The van der Waals surface area contributed by atoms with Crippen molar-refractivity contribution in [2.24, 2.45) is 5.73 Å². The van der Waals surface area contributed by atoms with Crippen LogP contribution in [0.1, 0.15) is 18.9 Å². The van der Waals surface area contributed by atoms with Crippen LogP contribution in [0, 0.1) is 0 Å². The number of carbonyl (C=O) groups excluding carboxylic acids is 1. The molecule has 98 valence electrons. The van der Waals surface area contributed by atoms with Gasteiger partial charge < -0.3 is 16.0 Å². The predicted molar refractivity (Wildman–Crippen MR) is 73.6 cm³/mol. The smallest absolute Gasteiger partial charge is 0.239 e. The number of benzene rings is 1.